The molecule has 1 aromatic heterocycles. The van der Waals surface area contributed by atoms with Gasteiger partial charge in [0.2, 0.25) is 0 Å². The second-order valence-corrected chi connectivity index (χ2v) is 4.90. The Morgan fingerprint density at radius 2 is 1.18 bits per heavy atom. The molecule has 0 unspecified atom stereocenters. The van der Waals surface area contributed by atoms with Gasteiger partial charge in [-0.25, -0.2) is 4.98 Å². The van der Waals surface area contributed by atoms with Crippen molar-refractivity contribution in [1.82, 2.24) is 4.98 Å². The van der Waals surface area contributed by atoms with Gasteiger partial charge in [0.1, 0.15) is 0 Å². The van der Waals surface area contributed by atoms with Gasteiger partial charge in [0.25, 0.3) is 0 Å². The maximum atomic E-state index is 5.72. The summed E-state index contributed by atoms with van der Waals surface area (Å²) in [7, 11) is 0. The van der Waals surface area contributed by atoms with E-state index in [1.54, 1.807) is 0 Å². The van der Waals surface area contributed by atoms with Crippen LogP contribution in [0.5, 0.6) is 0 Å². The fourth-order valence-corrected chi connectivity index (χ4v) is 2.13. The van der Waals surface area contributed by atoms with Gasteiger partial charge in [-0.3, -0.25) is 0 Å². The molecule has 3 rings (SSSR count). The second kappa shape index (κ2) is 7.23. The predicted octanol–water partition coefficient (Wildman–Crippen LogP) is 5.11. The van der Waals surface area contributed by atoms with Crippen LogP contribution in [0.15, 0.2) is 79.9 Å². The van der Waals surface area contributed by atoms with Crippen molar-refractivity contribution in [2.45, 2.75) is 6.92 Å². The molecular formula is C20H20N2. The first-order valence-corrected chi connectivity index (χ1v) is 7.12. The number of nitrogen functional groups attached to an aromatic ring is 1. The maximum Gasteiger partial charge on any atom is 0.0709 e. The number of pyridine rings is 1. The Morgan fingerprint density at radius 3 is 1.68 bits per heavy atom. The normalized spacial score (nSPS) is 9.68. The lowest BCUT2D eigenvalue weighted by molar-refractivity contribution is 1.32. The number of nitrogens with two attached hydrogens (primary N) is 1. The molecule has 0 aliphatic rings. The Bertz CT molecular complexity index is 668. The first kappa shape index (κ1) is 15.5. The summed E-state index contributed by atoms with van der Waals surface area (Å²) in [6.07, 6.45) is 0. The smallest absolute Gasteiger partial charge is 0.0709 e. The molecule has 0 aliphatic heterocycles. The van der Waals surface area contributed by atoms with Crippen LogP contribution in [-0.4, -0.2) is 4.98 Å². The summed E-state index contributed by atoms with van der Waals surface area (Å²) in [5.41, 5.74) is 11.9. The molecule has 2 nitrogen and oxygen atoms in total. The van der Waals surface area contributed by atoms with Gasteiger partial charge in [-0.2, -0.15) is 0 Å². The summed E-state index contributed by atoms with van der Waals surface area (Å²) in [6.45, 7) is 8.09. The van der Waals surface area contributed by atoms with Crippen molar-refractivity contribution < 1.29 is 0 Å². The predicted molar refractivity (Wildman–Crippen MR) is 95.5 cm³/mol. The summed E-state index contributed by atoms with van der Waals surface area (Å²) >= 11 is 0. The Labute approximate surface area is 132 Å². The Hall–Kier alpha value is -2.87. The van der Waals surface area contributed by atoms with E-state index in [0.717, 1.165) is 28.2 Å². The van der Waals surface area contributed by atoms with Gasteiger partial charge in [0, 0.05) is 16.8 Å². The molecule has 1 heterocycles. The van der Waals surface area contributed by atoms with Crippen LogP contribution < -0.4 is 5.73 Å². The minimum absolute atomic E-state index is 0.767. The van der Waals surface area contributed by atoms with E-state index < -0.39 is 0 Å². The molecule has 0 saturated carbocycles. The average Bonchev–Trinajstić information content (AvgIpc) is 2.58. The molecule has 22 heavy (non-hydrogen) atoms. The van der Waals surface area contributed by atoms with Crippen LogP contribution in [-0.2, 0) is 0 Å². The molecule has 2 aromatic carbocycles. The lowest BCUT2D eigenvalue weighted by Crippen LogP contribution is -1.89. The molecule has 0 radical (unpaired) electrons. The van der Waals surface area contributed by atoms with Crippen molar-refractivity contribution in [2.24, 2.45) is 0 Å². The third-order valence-electron chi connectivity index (χ3n) is 3.30. The molecule has 0 saturated heterocycles. The van der Waals surface area contributed by atoms with Crippen LogP contribution in [0.25, 0.3) is 22.5 Å². The minimum atomic E-state index is 0.767. The molecule has 110 valence electrons. The van der Waals surface area contributed by atoms with Crippen LogP contribution in [0.1, 0.15) is 5.56 Å². The molecule has 0 atom stereocenters. The number of rotatable bonds is 2. The zero-order chi connectivity index (χ0) is 15.9. The highest BCUT2D eigenvalue weighted by atomic mass is 14.7. The van der Waals surface area contributed by atoms with E-state index in [0.29, 0.717) is 0 Å². The molecular weight excluding hydrogens is 268 g/mol. The second-order valence-electron chi connectivity index (χ2n) is 4.90. The lowest BCUT2D eigenvalue weighted by atomic mass is 10.1. The van der Waals surface area contributed by atoms with Gasteiger partial charge in [0.15, 0.2) is 0 Å². The summed E-state index contributed by atoms with van der Waals surface area (Å²) in [5, 5.41) is 0. The van der Waals surface area contributed by atoms with E-state index in [4.69, 9.17) is 10.7 Å². The van der Waals surface area contributed by atoms with E-state index in [1.807, 2.05) is 42.5 Å². The van der Waals surface area contributed by atoms with Crippen molar-refractivity contribution >= 4 is 5.69 Å². The van der Waals surface area contributed by atoms with Gasteiger partial charge < -0.3 is 5.73 Å². The highest BCUT2D eigenvalue weighted by Gasteiger charge is 2.03. The van der Waals surface area contributed by atoms with Gasteiger partial charge in [-0.05, 0) is 31.2 Å². The van der Waals surface area contributed by atoms with Crippen LogP contribution in [0.2, 0.25) is 0 Å². The highest BCUT2D eigenvalue weighted by Crippen LogP contribution is 2.23. The molecule has 0 aliphatic carbocycles. The first-order valence-electron chi connectivity index (χ1n) is 7.12. The van der Waals surface area contributed by atoms with Crippen LogP contribution in [0, 0.1) is 6.92 Å². The molecule has 0 spiro atoms. The van der Waals surface area contributed by atoms with Gasteiger partial charge in [-0.15, -0.1) is 13.2 Å². The van der Waals surface area contributed by atoms with Crippen molar-refractivity contribution in [3.8, 4) is 22.5 Å². The van der Waals surface area contributed by atoms with E-state index in [1.165, 1.54) is 5.56 Å². The number of nitrogens with zero attached hydrogens (tertiary/aromatic N) is 1. The number of aromatic nitrogens is 1. The fourth-order valence-electron chi connectivity index (χ4n) is 2.13. The van der Waals surface area contributed by atoms with E-state index in [2.05, 4.69) is 44.3 Å². The SMILES string of the molecule is C=C.Cc1ccc(-c2cccc(-c3ccc(N)cc3)n2)cc1. The quantitative estimate of drug-likeness (QED) is 0.526. The molecule has 2 N–H and O–H groups in total. The van der Waals surface area contributed by atoms with Gasteiger partial charge in [-0.1, -0.05) is 48.0 Å². The number of hydrogen-bond donors (Lipinski definition) is 1. The number of benzene rings is 2. The molecule has 2 heteroatoms. The topological polar surface area (TPSA) is 38.9 Å². The zero-order valence-electron chi connectivity index (χ0n) is 12.8. The summed E-state index contributed by atoms with van der Waals surface area (Å²) < 4.78 is 0. The Balaban J connectivity index is 0.000000847. The van der Waals surface area contributed by atoms with E-state index in [-0.39, 0.29) is 0 Å². The first-order chi connectivity index (χ1) is 10.7. The Kier molecular flexibility index (Phi) is 5.10. The molecule has 0 fully saturated rings. The summed E-state index contributed by atoms with van der Waals surface area (Å²) in [6, 6.07) is 22.3. The maximum absolute atomic E-state index is 5.72. The third kappa shape index (κ3) is 3.61. The molecule has 0 bridgehead atoms. The monoisotopic (exact) mass is 288 g/mol. The van der Waals surface area contributed by atoms with Crippen molar-refractivity contribution in [3.63, 3.8) is 0 Å². The summed E-state index contributed by atoms with van der Waals surface area (Å²) in [4.78, 5) is 4.73. The number of anilines is 1. The van der Waals surface area contributed by atoms with Crippen molar-refractivity contribution in [2.75, 3.05) is 5.73 Å². The van der Waals surface area contributed by atoms with E-state index in [9.17, 15) is 0 Å². The number of aryl methyl sites for hydroxylation is 1. The fraction of sp³-hybridized carbons (Fsp3) is 0.0500. The largest absolute Gasteiger partial charge is 0.399 e. The third-order valence-corrected chi connectivity index (χ3v) is 3.30. The Morgan fingerprint density at radius 1 is 0.727 bits per heavy atom. The standard InChI is InChI=1S/C18H16N2.C2H4/c1-13-5-7-14(8-6-13)17-3-2-4-18(20-17)15-9-11-16(19)12-10-15;1-2/h2-12H,19H2,1H3;1-2H2. The van der Waals surface area contributed by atoms with Crippen LogP contribution in [0.3, 0.4) is 0 Å². The average molecular weight is 288 g/mol. The van der Waals surface area contributed by atoms with Gasteiger partial charge >= 0.3 is 0 Å². The van der Waals surface area contributed by atoms with Gasteiger partial charge in [0.05, 0.1) is 11.4 Å². The zero-order valence-corrected chi connectivity index (χ0v) is 12.8. The minimum Gasteiger partial charge on any atom is -0.399 e. The summed E-state index contributed by atoms with van der Waals surface area (Å²) in [5.74, 6) is 0. The highest BCUT2D eigenvalue weighted by molar-refractivity contribution is 5.67. The van der Waals surface area contributed by atoms with E-state index >= 15 is 0 Å². The number of hydrogen-bond acceptors (Lipinski definition) is 2. The molecule has 0 amide bonds. The lowest BCUT2D eigenvalue weighted by Gasteiger charge is -2.06. The van der Waals surface area contributed by atoms with Crippen molar-refractivity contribution in [1.29, 1.82) is 0 Å². The van der Waals surface area contributed by atoms with Crippen molar-refractivity contribution in [3.05, 3.63) is 85.5 Å². The molecule has 3 aromatic rings. The van der Waals surface area contributed by atoms with Crippen LogP contribution in [0.4, 0.5) is 5.69 Å². The van der Waals surface area contributed by atoms with Crippen LogP contribution >= 0.6 is 0 Å².